The van der Waals surface area contributed by atoms with Crippen molar-refractivity contribution in [3.63, 3.8) is 0 Å². The first-order valence-electron chi connectivity index (χ1n) is 4.54. The lowest BCUT2D eigenvalue weighted by molar-refractivity contribution is 0.231. The van der Waals surface area contributed by atoms with Gasteiger partial charge in [-0.15, -0.1) is 0 Å². The van der Waals surface area contributed by atoms with Crippen LogP contribution in [0.25, 0.3) is 0 Å². The molecule has 0 aliphatic rings. The lowest BCUT2D eigenvalue weighted by atomic mass is 10.2. The van der Waals surface area contributed by atoms with E-state index in [1.807, 2.05) is 5.32 Å². The summed E-state index contributed by atoms with van der Waals surface area (Å²) in [4.78, 5) is 34.1. The highest BCUT2D eigenvalue weighted by Crippen LogP contribution is 1.93. The van der Waals surface area contributed by atoms with E-state index in [0.29, 0.717) is 13.1 Å². The Morgan fingerprint density at radius 3 is 2.60 bits per heavy atom. The van der Waals surface area contributed by atoms with Gasteiger partial charge in [-0.25, -0.2) is 19.4 Å². The summed E-state index contributed by atoms with van der Waals surface area (Å²) in [6.07, 6.45) is 3.80. The lowest BCUT2D eigenvalue weighted by Gasteiger charge is -2.03. The maximum absolute atomic E-state index is 10.8. The van der Waals surface area contributed by atoms with Crippen molar-refractivity contribution in [3.05, 3.63) is 0 Å². The number of carbonyl (C=O) groups excluding carboxylic acids is 3. The fourth-order valence-corrected chi connectivity index (χ4v) is 0.896. The number of hydrogen-bond donors (Lipinski definition) is 3. The predicted molar refractivity (Wildman–Crippen MR) is 53.0 cm³/mol. The largest absolute Gasteiger partial charge is 0.351 e. The van der Waals surface area contributed by atoms with Crippen molar-refractivity contribution in [2.75, 3.05) is 13.1 Å². The van der Waals surface area contributed by atoms with Crippen molar-refractivity contribution in [1.29, 1.82) is 0 Å². The number of hydrogen-bond acceptors (Lipinski definition) is 4. The van der Waals surface area contributed by atoms with Crippen LogP contribution in [-0.2, 0) is 4.79 Å². The molecule has 0 aliphatic carbocycles. The molecule has 7 heteroatoms. The van der Waals surface area contributed by atoms with Gasteiger partial charge in [-0.3, -0.25) is 5.32 Å². The molecule has 0 saturated heterocycles. The Balaban J connectivity index is 3.27. The lowest BCUT2D eigenvalue weighted by Crippen LogP contribution is -2.42. The second kappa shape index (κ2) is 8.71. The average Bonchev–Trinajstić information content (AvgIpc) is 2.15. The number of isocyanates is 1. The summed E-state index contributed by atoms with van der Waals surface area (Å²) in [7, 11) is 0. The third-order valence-corrected chi connectivity index (χ3v) is 1.53. The molecule has 0 fully saturated rings. The molecule has 15 heavy (non-hydrogen) atoms. The van der Waals surface area contributed by atoms with Crippen LogP contribution in [0.2, 0.25) is 0 Å². The van der Waals surface area contributed by atoms with Gasteiger partial charge in [0.1, 0.15) is 0 Å². The van der Waals surface area contributed by atoms with Crippen LogP contribution < -0.4 is 16.4 Å². The van der Waals surface area contributed by atoms with E-state index in [1.165, 1.54) is 6.08 Å². The Labute approximate surface area is 87.1 Å². The smallest absolute Gasteiger partial charge is 0.322 e. The number of nitrogens with two attached hydrogens (primary N) is 1. The molecule has 0 radical (unpaired) electrons. The zero-order chi connectivity index (χ0) is 11.5. The van der Waals surface area contributed by atoms with E-state index < -0.39 is 12.1 Å². The van der Waals surface area contributed by atoms with Gasteiger partial charge in [-0.2, -0.15) is 0 Å². The molecule has 84 valence electrons. The number of primary amides is 1. The number of nitrogens with zero attached hydrogens (tertiary/aromatic N) is 1. The number of imide groups is 1. The molecule has 0 unspecified atom stereocenters. The quantitative estimate of drug-likeness (QED) is 0.325. The van der Waals surface area contributed by atoms with Crippen LogP contribution in [-0.4, -0.2) is 31.2 Å². The van der Waals surface area contributed by atoms with Crippen molar-refractivity contribution in [3.8, 4) is 0 Å². The van der Waals surface area contributed by atoms with Gasteiger partial charge >= 0.3 is 12.1 Å². The maximum atomic E-state index is 10.8. The fraction of sp³-hybridized carbons (Fsp3) is 0.625. The van der Waals surface area contributed by atoms with E-state index >= 15 is 0 Å². The molecule has 0 bridgehead atoms. The number of nitrogens with one attached hydrogen (secondary N) is 2. The molecule has 0 rings (SSSR count). The van der Waals surface area contributed by atoms with Crippen LogP contribution >= 0.6 is 0 Å². The van der Waals surface area contributed by atoms with E-state index in [9.17, 15) is 14.4 Å². The van der Waals surface area contributed by atoms with Crippen LogP contribution in [0.15, 0.2) is 4.99 Å². The number of aliphatic imine (C=N–C) groups is 1. The van der Waals surface area contributed by atoms with Crippen LogP contribution in [0.4, 0.5) is 9.59 Å². The zero-order valence-corrected chi connectivity index (χ0v) is 8.28. The van der Waals surface area contributed by atoms with Gasteiger partial charge < -0.3 is 11.1 Å². The molecule has 7 nitrogen and oxygen atoms in total. The van der Waals surface area contributed by atoms with Gasteiger partial charge in [0.05, 0.1) is 6.54 Å². The van der Waals surface area contributed by atoms with Crippen molar-refractivity contribution in [2.24, 2.45) is 10.7 Å². The first-order chi connectivity index (χ1) is 7.16. The van der Waals surface area contributed by atoms with Crippen molar-refractivity contribution in [2.45, 2.75) is 19.3 Å². The first-order valence-corrected chi connectivity index (χ1v) is 4.54. The van der Waals surface area contributed by atoms with Crippen molar-refractivity contribution in [1.82, 2.24) is 10.6 Å². The molecule has 4 N–H and O–H groups in total. The van der Waals surface area contributed by atoms with Gasteiger partial charge in [0, 0.05) is 6.54 Å². The SMILES string of the molecule is NC(=O)NC(=O)NCCCCCN=C=O. The second-order valence-electron chi connectivity index (χ2n) is 2.78. The van der Waals surface area contributed by atoms with E-state index in [1.54, 1.807) is 0 Å². The highest BCUT2D eigenvalue weighted by atomic mass is 16.2. The highest BCUT2D eigenvalue weighted by molar-refractivity contribution is 5.92. The molecule has 0 spiro atoms. The Kier molecular flexibility index (Phi) is 7.62. The van der Waals surface area contributed by atoms with E-state index in [2.05, 4.69) is 10.3 Å². The molecule has 0 aromatic rings. The van der Waals surface area contributed by atoms with Crippen molar-refractivity contribution >= 4 is 18.1 Å². The third kappa shape index (κ3) is 10.0. The van der Waals surface area contributed by atoms with Crippen LogP contribution in [0.3, 0.4) is 0 Å². The number of carbonyl (C=O) groups is 2. The van der Waals surface area contributed by atoms with Gasteiger partial charge in [-0.1, -0.05) is 0 Å². The standard InChI is InChI=1S/C8H14N4O3/c9-7(14)12-8(15)11-5-3-1-2-4-10-6-13/h1-5H2,(H4,9,11,12,14,15). The van der Waals surface area contributed by atoms with Gasteiger partial charge in [-0.05, 0) is 19.3 Å². The van der Waals surface area contributed by atoms with E-state index in [0.717, 1.165) is 19.3 Å². The molecule has 0 aliphatic heterocycles. The predicted octanol–water partition coefficient (Wildman–Crippen LogP) is -0.130. The summed E-state index contributed by atoms with van der Waals surface area (Å²) in [6.45, 7) is 0.904. The zero-order valence-electron chi connectivity index (χ0n) is 8.28. The van der Waals surface area contributed by atoms with Crippen LogP contribution in [0, 0.1) is 0 Å². The third-order valence-electron chi connectivity index (χ3n) is 1.53. The second-order valence-corrected chi connectivity index (χ2v) is 2.78. The molecule has 0 aromatic heterocycles. The summed E-state index contributed by atoms with van der Waals surface area (Å²) >= 11 is 0. The Bertz CT molecular complexity index is 261. The molecule has 0 heterocycles. The fourth-order valence-electron chi connectivity index (χ4n) is 0.896. The van der Waals surface area contributed by atoms with Gasteiger partial charge in [0.2, 0.25) is 6.08 Å². The van der Waals surface area contributed by atoms with Gasteiger partial charge in [0.15, 0.2) is 0 Å². The molecular formula is C8H14N4O3. The summed E-state index contributed by atoms with van der Waals surface area (Å²) in [6, 6.07) is -1.48. The molecule has 4 amide bonds. The molecule has 0 aromatic carbocycles. The number of unbranched alkanes of at least 4 members (excludes halogenated alkanes) is 2. The summed E-state index contributed by atoms with van der Waals surface area (Å²) in [5, 5.41) is 4.32. The number of rotatable bonds is 6. The Morgan fingerprint density at radius 1 is 1.27 bits per heavy atom. The monoisotopic (exact) mass is 214 g/mol. The molecule has 0 atom stereocenters. The highest BCUT2D eigenvalue weighted by Gasteiger charge is 2.00. The molecular weight excluding hydrogens is 200 g/mol. The number of urea groups is 2. The topological polar surface area (TPSA) is 114 Å². The van der Waals surface area contributed by atoms with E-state index in [-0.39, 0.29) is 0 Å². The first kappa shape index (κ1) is 13.1. The van der Waals surface area contributed by atoms with Crippen LogP contribution in [0.1, 0.15) is 19.3 Å². The summed E-state index contributed by atoms with van der Waals surface area (Å²) in [5.74, 6) is 0. The van der Waals surface area contributed by atoms with Crippen LogP contribution in [0.5, 0.6) is 0 Å². The molecule has 0 saturated carbocycles. The minimum atomic E-state index is -0.882. The Morgan fingerprint density at radius 2 is 2.00 bits per heavy atom. The maximum Gasteiger partial charge on any atom is 0.322 e. The van der Waals surface area contributed by atoms with E-state index in [4.69, 9.17) is 5.73 Å². The summed E-state index contributed by atoms with van der Waals surface area (Å²) in [5.41, 5.74) is 4.72. The normalized spacial score (nSPS) is 8.80. The number of amides is 4. The Hall–Kier alpha value is -1.88. The minimum absolute atomic E-state index is 0.448. The van der Waals surface area contributed by atoms with Gasteiger partial charge in [0.25, 0.3) is 0 Å². The summed E-state index contributed by atoms with van der Waals surface area (Å²) < 4.78 is 0. The van der Waals surface area contributed by atoms with Crippen molar-refractivity contribution < 1.29 is 14.4 Å². The average molecular weight is 214 g/mol. The minimum Gasteiger partial charge on any atom is -0.351 e.